The van der Waals surface area contributed by atoms with E-state index in [1.54, 1.807) is 25.1 Å². The van der Waals surface area contributed by atoms with Gasteiger partial charge in [-0.1, -0.05) is 24.7 Å². The van der Waals surface area contributed by atoms with Gasteiger partial charge in [0.15, 0.2) is 11.4 Å². The molecule has 0 amide bonds. The van der Waals surface area contributed by atoms with E-state index in [0.29, 0.717) is 30.2 Å². The largest absolute Gasteiger partial charge is 0.496 e. The maximum absolute atomic E-state index is 11.5. The van der Waals surface area contributed by atoms with Crippen LogP contribution in [0.5, 0.6) is 11.5 Å². The number of methoxy groups -OCH3 is 2. The van der Waals surface area contributed by atoms with Gasteiger partial charge in [-0.25, -0.2) is 8.93 Å². The highest BCUT2D eigenvalue weighted by atomic mass is 32.2. The van der Waals surface area contributed by atoms with Gasteiger partial charge in [0.05, 0.1) is 31.9 Å². The Labute approximate surface area is 210 Å². The lowest BCUT2D eigenvalue weighted by atomic mass is 10.1. The Hall–Kier alpha value is -3.28. The molecule has 0 fully saturated rings. The zero-order valence-corrected chi connectivity index (χ0v) is 21.4. The molecule has 0 saturated heterocycles. The van der Waals surface area contributed by atoms with Gasteiger partial charge in [0.2, 0.25) is 0 Å². The van der Waals surface area contributed by atoms with Crippen LogP contribution in [0.4, 0.5) is 5.82 Å². The fourth-order valence-electron chi connectivity index (χ4n) is 3.52. The van der Waals surface area contributed by atoms with Crippen LogP contribution >= 0.6 is 11.9 Å². The molecule has 0 aliphatic heterocycles. The first kappa shape index (κ1) is 24.8. The van der Waals surface area contributed by atoms with Crippen molar-refractivity contribution in [2.75, 3.05) is 18.9 Å². The van der Waals surface area contributed by atoms with Gasteiger partial charge in [0.1, 0.15) is 27.9 Å². The molecule has 1 atom stereocenters. The number of anilines is 1. The van der Waals surface area contributed by atoms with Gasteiger partial charge in [-0.2, -0.15) is 5.10 Å². The van der Waals surface area contributed by atoms with Crippen LogP contribution in [0, 0.1) is 0 Å². The summed E-state index contributed by atoms with van der Waals surface area (Å²) in [5.41, 5.74) is 3.68. The highest BCUT2D eigenvalue weighted by Crippen LogP contribution is 2.37. The molecule has 184 valence electrons. The van der Waals surface area contributed by atoms with Crippen LogP contribution < -0.4 is 18.9 Å². The van der Waals surface area contributed by atoms with Crippen molar-refractivity contribution in [2.24, 2.45) is 0 Å². The number of nitrogens with zero attached hydrogens (tertiary/aromatic N) is 3. The second kappa shape index (κ2) is 11.4. The van der Waals surface area contributed by atoms with Gasteiger partial charge >= 0.3 is 0 Å². The molecular formula is C24H27N5O4S2. The standard InChI is InChI=1S/C24H27N5O4S2/c1-5-16-7-8-19(31-3)22(11-16)34-28-24-23-20(32-4)9-17(10-21(23)33-27-24)14-29-15-18(12-25-29)13-26-35(30)6-2/h6-12,15,26H,2,5,13-14H2,1,3-4H3,(H,27,28). The minimum absolute atomic E-state index is 0.432. The van der Waals surface area contributed by atoms with E-state index in [9.17, 15) is 4.21 Å². The maximum Gasteiger partial charge on any atom is 0.191 e. The van der Waals surface area contributed by atoms with Crippen molar-refractivity contribution in [1.29, 1.82) is 0 Å². The van der Waals surface area contributed by atoms with E-state index in [-0.39, 0.29) is 0 Å². The zero-order chi connectivity index (χ0) is 24.8. The number of nitrogens with one attached hydrogen (secondary N) is 2. The van der Waals surface area contributed by atoms with Crippen LogP contribution in [-0.2, 0) is 30.5 Å². The Kier molecular flexibility index (Phi) is 8.11. The van der Waals surface area contributed by atoms with Crippen molar-refractivity contribution >= 4 is 39.7 Å². The summed E-state index contributed by atoms with van der Waals surface area (Å²) in [6, 6.07) is 9.98. The van der Waals surface area contributed by atoms with Gasteiger partial charge in [0, 0.05) is 23.7 Å². The van der Waals surface area contributed by atoms with Gasteiger partial charge in [0.25, 0.3) is 0 Å². The number of ether oxygens (including phenoxy) is 2. The summed E-state index contributed by atoms with van der Waals surface area (Å²) in [6.07, 6.45) is 4.56. The smallest absolute Gasteiger partial charge is 0.191 e. The van der Waals surface area contributed by atoms with Gasteiger partial charge in [-0.15, -0.1) is 0 Å². The average Bonchev–Trinajstić information content (AvgIpc) is 3.51. The molecule has 0 spiro atoms. The Balaban J connectivity index is 1.52. The van der Waals surface area contributed by atoms with Crippen LogP contribution in [0.3, 0.4) is 0 Å². The molecule has 4 rings (SSSR count). The van der Waals surface area contributed by atoms with E-state index in [0.717, 1.165) is 33.6 Å². The van der Waals surface area contributed by atoms with E-state index in [1.165, 1.54) is 22.9 Å². The van der Waals surface area contributed by atoms with Crippen LogP contribution in [0.2, 0.25) is 0 Å². The van der Waals surface area contributed by atoms with Crippen LogP contribution in [0.25, 0.3) is 11.0 Å². The first-order valence-electron chi connectivity index (χ1n) is 10.9. The molecule has 0 saturated carbocycles. The average molecular weight is 514 g/mol. The molecule has 0 aliphatic rings. The second-order valence-corrected chi connectivity index (χ2v) is 9.64. The first-order valence-corrected chi connectivity index (χ1v) is 12.9. The van der Waals surface area contributed by atoms with Crippen LogP contribution in [-0.4, -0.2) is 33.4 Å². The third-order valence-electron chi connectivity index (χ3n) is 5.31. The fraction of sp³-hybridized carbons (Fsp3) is 0.250. The second-order valence-electron chi connectivity index (χ2n) is 7.58. The third-order valence-corrected chi connectivity index (χ3v) is 6.88. The number of aromatic nitrogens is 3. The Morgan fingerprint density at radius 3 is 2.74 bits per heavy atom. The topological polar surface area (TPSA) is 103 Å². The summed E-state index contributed by atoms with van der Waals surface area (Å²) in [7, 11) is 2.01. The lowest BCUT2D eigenvalue weighted by Crippen LogP contribution is -2.13. The Bertz CT molecular complexity index is 1350. The molecule has 9 nitrogen and oxygen atoms in total. The summed E-state index contributed by atoms with van der Waals surface area (Å²) in [5.74, 6) is 2.00. The van der Waals surface area contributed by atoms with E-state index in [1.807, 2.05) is 24.4 Å². The molecule has 1 unspecified atom stereocenters. The lowest BCUT2D eigenvalue weighted by molar-refractivity contribution is 0.404. The van der Waals surface area contributed by atoms with E-state index in [2.05, 4.69) is 45.3 Å². The summed E-state index contributed by atoms with van der Waals surface area (Å²) in [4.78, 5) is 0.958. The fourth-order valence-corrected chi connectivity index (χ4v) is 4.76. The number of aryl methyl sites for hydroxylation is 1. The summed E-state index contributed by atoms with van der Waals surface area (Å²) >= 11 is 1.41. The maximum atomic E-state index is 11.5. The van der Waals surface area contributed by atoms with Crippen molar-refractivity contribution in [2.45, 2.75) is 31.3 Å². The minimum Gasteiger partial charge on any atom is -0.496 e. The molecule has 35 heavy (non-hydrogen) atoms. The van der Waals surface area contributed by atoms with E-state index in [4.69, 9.17) is 14.0 Å². The molecule has 2 heterocycles. The number of hydrogen-bond acceptors (Lipinski definition) is 8. The highest BCUT2D eigenvalue weighted by molar-refractivity contribution is 8.00. The predicted octanol–water partition coefficient (Wildman–Crippen LogP) is 4.67. The molecule has 0 aliphatic carbocycles. The molecule has 11 heteroatoms. The highest BCUT2D eigenvalue weighted by Gasteiger charge is 2.17. The van der Waals surface area contributed by atoms with E-state index < -0.39 is 11.0 Å². The lowest BCUT2D eigenvalue weighted by Gasteiger charge is -2.11. The van der Waals surface area contributed by atoms with Crippen molar-refractivity contribution in [1.82, 2.24) is 19.7 Å². The van der Waals surface area contributed by atoms with Crippen molar-refractivity contribution in [3.63, 3.8) is 0 Å². The Morgan fingerprint density at radius 2 is 2.00 bits per heavy atom. The minimum atomic E-state index is -1.27. The van der Waals surface area contributed by atoms with E-state index >= 15 is 0 Å². The predicted molar refractivity (Wildman–Crippen MR) is 139 cm³/mol. The molecule has 4 aromatic rings. The molecule has 2 N–H and O–H groups in total. The van der Waals surface area contributed by atoms with Crippen LogP contribution in [0.1, 0.15) is 23.6 Å². The monoisotopic (exact) mass is 513 g/mol. The molecule has 2 aromatic heterocycles. The SMILES string of the molecule is C=CS(=O)NCc1cnn(Cc2cc(OC)c3c(NSc4cc(CC)ccc4OC)noc3c2)c1. The number of hydrogen-bond donors (Lipinski definition) is 2. The molecule has 2 aromatic carbocycles. The zero-order valence-electron chi connectivity index (χ0n) is 19.7. The van der Waals surface area contributed by atoms with Crippen molar-refractivity contribution in [3.05, 3.63) is 71.4 Å². The normalized spacial score (nSPS) is 12.0. The summed E-state index contributed by atoms with van der Waals surface area (Å²) < 4.78 is 36.2. The third kappa shape index (κ3) is 5.87. The number of benzene rings is 2. The summed E-state index contributed by atoms with van der Waals surface area (Å²) in [6.45, 7) is 6.55. The Morgan fingerprint density at radius 1 is 1.17 bits per heavy atom. The summed E-state index contributed by atoms with van der Waals surface area (Å²) in [5, 5.41) is 10.7. The molecule has 0 radical (unpaired) electrons. The number of rotatable bonds is 12. The van der Waals surface area contributed by atoms with Crippen LogP contribution in [0.15, 0.2) is 64.1 Å². The van der Waals surface area contributed by atoms with Crippen molar-refractivity contribution < 1.29 is 18.2 Å². The van der Waals surface area contributed by atoms with Gasteiger partial charge in [-0.05, 0) is 53.8 Å². The van der Waals surface area contributed by atoms with Gasteiger partial charge in [-0.3, -0.25) is 4.68 Å². The number of fused-ring (bicyclic) bond motifs is 1. The van der Waals surface area contributed by atoms with Gasteiger partial charge < -0.3 is 18.7 Å². The quantitative estimate of drug-likeness (QED) is 0.264. The van der Waals surface area contributed by atoms with Crippen molar-refractivity contribution in [3.8, 4) is 11.5 Å². The first-order chi connectivity index (χ1) is 17.0. The molecule has 0 bridgehead atoms. The molecular weight excluding hydrogens is 486 g/mol.